The van der Waals surface area contributed by atoms with Gasteiger partial charge in [-0.25, -0.2) is 15.0 Å². The lowest BCUT2D eigenvalue weighted by Gasteiger charge is -2.19. The van der Waals surface area contributed by atoms with Crippen molar-refractivity contribution in [2.24, 2.45) is 7.05 Å². The molecular formula is C22H23N5O2S2. The van der Waals surface area contributed by atoms with Crippen LogP contribution in [0.3, 0.4) is 0 Å². The first-order valence-electron chi connectivity index (χ1n) is 9.72. The number of carbonyl (C=O) groups excluding carboxylic acids is 1. The number of rotatable bonds is 7. The molecule has 3 aromatic heterocycles. The first kappa shape index (κ1) is 21.3. The summed E-state index contributed by atoms with van der Waals surface area (Å²) < 4.78 is 7.17. The molecule has 7 nitrogen and oxygen atoms in total. The van der Waals surface area contributed by atoms with Gasteiger partial charge >= 0.3 is 0 Å². The summed E-state index contributed by atoms with van der Waals surface area (Å²) in [7, 11) is 3.55. The van der Waals surface area contributed by atoms with Gasteiger partial charge < -0.3 is 14.6 Å². The van der Waals surface area contributed by atoms with Crippen LogP contribution in [-0.2, 0) is 11.8 Å². The molecule has 0 fully saturated rings. The normalized spacial score (nSPS) is 12.1. The minimum atomic E-state index is -0.366. The van der Waals surface area contributed by atoms with Crippen molar-refractivity contribution in [3.05, 3.63) is 64.8 Å². The number of ether oxygens (including phenoxy) is 1. The fraction of sp³-hybridized carbons (Fsp3) is 0.273. The number of amides is 1. The lowest BCUT2D eigenvalue weighted by atomic mass is 10.1. The Balaban J connectivity index is 1.54. The largest absolute Gasteiger partial charge is 0.497 e. The lowest BCUT2D eigenvalue weighted by Crippen LogP contribution is -2.32. The minimum absolute atomic E-state index is 0.0924. The van der Waals surface area contributed by atoms with Gasteiger partial charge in [-0.15, -0.1) is 11.3 Å². The molecule has 1 aromatic carbocycles. The number of imidazole rings is 1. The first-order valence-corrected chi connectivity index (χ1v) is 11.5. The van der Waals surface area contributed by atoms with Crippen LogP contribution in [0.5, 0.6) is 5.75 Å². The molecule has 1 atom stereocenters. The summed E-state index contributed by atoms with van der Waals surface area (Å²) in [6.07, 6.45) is 5.16. The second kappa shape index (κ2) is 9.07. The summed E-state index contributed by atoms with van der Waals surface area (Å²) >= 11 is 3.08. The van der Waals surface area contributed by atoms with E-state index in [-0.39, 0.29) is 17.7 Å². The number of nitrogens with one attached hydrogen (secondary N) is 1. The maximum atomic E-state index is 12.9. The van der Waals surface area contributed by atoms with Gasteiger partial charge in [0.1, 0.15) is 33.8 Å². The summed E-state index contributed by atoms with van der Waals surface area (Å²) in [6, 6.07) is 7.28. The van der Waals surface area contributed by atoms with Crippen molar-refractivity contribution in [2.75, 3.05) is 12.9 Å². The SMILES string of the molecule is COc1ccc([C@@H](NC(=O)CSc2ncnc3sc(C)c(C)c23)c2nccn2C)cc1. The number of aryl methyl sites for hydroxylation is 3. The third kappa shape index (κ3) is 4.42. The van der Waals surface area contributed by atoms with Crippen LogP contribution in [0, 0.1) is 13.8 Å². The molecular weight excluding hydrogens is 430 g/mol. The van der Waals surface area contributed by atoms with E-state index in [1.165, 1.54) is 22.2 Å². The summed E-state index contributed by atoms with van der Waals surface area (Å²) in [4.78, 5) is 28.3. The number of hydrogen-bond donors (Lipinski definition) is 1. The molecule has 0 bridgehead atoms. The van der Waals surface area contributed by atoms with E-state index in [4.69, 9.17) is 4.74 Å². The number of carbonyl (C=O) groups is 1. The van der Waals surface area contributed by atoms with E-state index in [1.54, 1.807) is 31.0 Å². The zero-order valence-electron chi connectivity index (χ0n) is 17.7. The summed E-state index contributed by atoms with van der Waals surface area (Å²) in [5.41, 5.74) is 2.11. The summed E-state index contributed by atoms with van der Waals surface area (Å²) in [5.74, 6) is 1.68. The molecule has 1 N–H and O–H groups in total. The van der Waals surface area contributed by atoms with E-state index in [9.17, 15) is 4.79 Å². The fourth-order valence-corrected chi connectivity index (χ4v) is 5.27. The molecule has 31 heavy (non-hydrogen) atoms. The molecule has 0 saturated heterocycles. The van der Waals surface area contributed by atoms with Crippen molar-refractivity contribution >= 4 is 39.2 Å². The molecule has 0 unspecified atom stereocenters. The van der Waals surface area contributed by atoms with Crippen molar-refractivity contribution in [1.82, 2.24) is 24.8 Å². The van der Waals surface area contributed by atoms with Crippen LogP contribution in [0.2, 0.25) is 0 Å². The maximum absolute atomic E-state index is 12.9. The Morgan fingerprint density at radius 3 is 2.68 bits per heavy atom. The Kier molecular flexibility index (Phi) is 6.24. The second-order valence-corrected chi connectivity index (χ2v) is 9.27. The smallest absolute Gasteiger partial charge is 0.231 e. The predicted octanol–water partition coefficient (Wildman–Crippen LogP) is 4.05. The molecule has 0 saturated carbocycles. The van der Waals surface area contributed by atoms with Gasteiger partial charge in [-0.05, 0) is 37.1 Å². The van der Waals surface area contributed by atoms with Crippen LogP contribution in [-0.4, -0.2) is 38.3 Å². The molecule has 0 aliphatic carbocycles. The zero-order valence-corrected chi connectivity index (χ0v) is 19.4. The molecule has 0 aliphatic heterocycles. The highest BCUT2D eigenvalue weighted by Crippen LogP contribution is 2.34. The van der Waals surface area contributed by atoms with Crippen molar-refractivity contribution in [3.8, 4) is 5.75 Å². The predicted molar refractivity (Wildman–Crippen MR) is 124 cm³/mol. The van der Waals surface area contributed by atoms with Gasteiger partial charge in [-0.3, -0.25) is 4.79 Å². The zero-order chi connectivity index (χ0) is 22.0. The van der Waals surface area contributed by atoms with E-state index in [1.807, 2.05) is 42.1 Å². The molecule has 4 aromatic rings. The van der Waals surface area contributed by atoms with Gasteiger partial charge in [0.25, 0.3) is 0 Å². The molecule has 160 valence electrons. The lowest BCUT2D eigenvalue weighted by molar-refractivity contribution is -0.119. The Bertz CT molecular complexity index is 1220. The highest BCUT2D eigenvalue weighted by atomic mass is 32.2. The molecule has 0 radical (unpaired) electrons. The van der Waals surface area contributed by atoms with Gasteiger partial charge in [0.15, 0.2) is 0 Å². The molecule has 9 heteroatoms. The summed E-state index contributed by atoms with van der Waals surface area (Å²) in [5, 5.41) is 5.00. The van der Waals surface area contributed by atoms with Gasteiger partial charge in [0, 0.05) is 29.7 Å². The highest BCUT2D eigenvalue weighted by Gasteiger charge is 2.21. The van der Waals surface area contributed by atoms with E-state index in [0.29, 0.717) is 0 Å². The van der Waals surface area contributed by atoms with Crippen LogP contribution in [0.15, 0.2) is 48.0 Å². The van der Waals surface area contributed by atoms with Crippen molar-refractivity contribution < 1.29 is 9.53 Å². The standard InChI is InChI=1S/C22H23N5O2S2/c1-13-14(2)31-22-18(13)21(24-12-25-22)30-11-17(28)26-19(20-23-9-10-27(20)3)15-5-7-16(29-4)8-6-15/h5-10,12,19H,11H2,1-4H3,(H,26,28)/t19-/m1/s1. The topological polar surface area (TPSA) is 81.9 Å². The second-order valence-electron chi connectivity index (χ2n) is 7.10. The number of hydrogen-bond acceptors (Lipinski definition) is 7. The van der Waals surface area contributed by atoms with E-state index in [2.05, 4.69) is 34.1 Å². The number of methoxy groups -OCH3 is 1. The van der Waals surface area contributed by atoms with Gasteiger partial charge in [-0.2, -0.15) is 0 Å². The van der Waals surface area contributed by atoms with Crippen LogP contribution < -0.4 is 10.1 Å². The van der Waals surface area contributed by atoms with Gasteiger partial charge in [0.05, 0.1) is 12.9 Å². The highest BCUT2D eigenvalue weighted by molar-refractivity contribution is 8.00. The molecule has 4 rings (SSSR count). The van der Waals surface area contributed by atoms with Crippen molar-refractivity contribution in [3.63, 3.8) is 0 Å². The monoisotopic (exact) mass is 453 g/mol. The fourth-order valence-electron chi connectivity index (χ4n) is 3.34. The van der Waals surface area contributed by atoms with Gasteiger partial charge in [0.2, 0.25) is 5.91 Å². The average molecular weight is 454 g/mol. The third-order valence-electron chi connectivity index (χ3n) is 5.14. The number of aromatic nitrogens is 4. The van der Waals surface area contributed by atoms with E-state index in [0.717, 1.165) is 32.4 Å². The minimum Gasteiger partial charge on any atom is -0.497 e. The number of thioether (sulfide) groups is 1. The summed E-state index contributed by atoms with van der Waals surface area (Å²) in [6.45, 7) is 4.15. The number of nitrogens with zero attached hydrogens (tertiary/aromatic N) is 4. The van der Waals surface area contributed by atoms with Crippen LogP contribution in [0.25, 0.3) is 10.2 Å². The van der Waals surface area contributed by atoms with Crippen LogP contribution in [0.1, 0.15) is 27.9 Å². The third-order valence-corrected chi connectivity index (χ3v) is 7.25. The number of benzene rings is 1. The Morgan fingerprint density at radius 1 is 1.23 bits per heavy atom. The molecule has 0 spiro atoms. The maximum Gasteiger partial charge on any atom is 0.231 e. The van der Waals surface area contributed by atoms with E-state index >= 15 is 0 Å². The Hall–Kier alpha value is -2.91. The Labute approximate surface area is 188 Å². The molecule has 3 heterocycles. The van der Waals surface area contributed by atoms with Crippen LogP contribution in [0.4, 0.5) is 0 Å². The first-order chi connectivity index (χ1) is 15.0. The van der Waals surface area contributed by atoms with Gasteiger partial charge in [-0.1, -0.05) is 23.9 Å². The van der Waals surface area contributed by atoms with Crippen molar-refractivity contribution in [1.29, 1.82) is 0 Å². The number of fused-ring (bicyclic) bond motifs is 1. The van der Waals surface area contributed by atoms with Crippen molar-refractivity contribution in [2.45, 2.75) is 24.9 Å². The molecule has 1 amide bonds. The van der Waals surface area contributed by atoms with E-state index < -0.39 is 0 Å². The molecule has 0 aliphatic rings. The Morgan fingerprint density at radius 2 is 2.00 bits per heavy atom. The number of thiophene rings is 1. The average Bonchev–Trinajstić information content (AvgIpc) is 3.33. The van der Waals surface area contributed by atoms with Crippen LogP contribution >= 0.6 is 23.1 Å². The quantitative estimate of drug-likeness (QED) is 0.336.